The number of halogens is 1. The van der Waals surface area contributed by atoms with Crippen molar-refractivity contribution in [1.82, 2.24) is 24.7 Å². The molecule has 0 bridgehead atoms. The zero-order valence-electron chi connectivity index (χ0n) is 11.0. The first-order valence-corrected chi connectivity index (χ1v) is 6.68. The van der Waals surface area contributed by atoms with Gasteiger partial charge in [0.1, 0.15) is 0 Å². The highest BCUT2D eigenvalue weighted by Gasteiger charge is 2.06. The van der Waals surface area contributed by atoms with E-state index in [1.807, 2.05) is 0 Å². The Morgan fingerprint density at radius 3 is 2.84 bits per heavy atom. The topological polar surface area (TPSA) is 68.5 Å². The SMILES string of the molecule is CC(C)CCCNc1nc(Cl)nc(-n2cccn2)n1. The first-order chi connectivity index (χ1) is 9.15. The molecule has 0 fully saturated rings. The smallest absolute Gasteiger partial charge is 0.256 e. The van der Waals surface area contributed by atoms with Crippen molar-refractivity contribution in [3.63, 3.8) is 0 Å². The first-order valence-electron chi connectivity index (χ1n) is 6.30. The molecule has 2 rings (SSSR count). The number of rotatable bonds is 6. The van der Waals surface area contributed by atoms with E-state index < -0.39 is 0 Å². The standard InChI is InChI=1S/C12H17ClN6/c1-9(2)5-3-6-14-11-16-10(13)17-12(18-11)19-8-4-7-15-19/h4,7-9H,3,5-6H2,1-2H3,(H,14,16,17,18). The Labute approximate surface area is 117 Å². The quantitative estimate of drug-likeness (QED) is 0.824. The van der Waals surface area contributed by atoms with Crippen molar-refractivity contribution >= 4 is 17.5 Å². The normalized spacial score (nSPS) is 10.9. The van der Waals surface area contributed by atoms with Gasteiger partial charge in [-0.1, -0.05) is 13.8 Å². The van der Waals surface area contributed by atoms with Crippen molar-refractivity contribution in [2.75, 3.05) is 11.9 Å². The molecule has 2 aromatic rings. The highest BCUT2D eigenvalue weighted by molar-refractivity contribution is 6.28. The fraction of sp³-hybridized carbons (Fsp3) is 0.500. The van der Waals surface area contributed by atoms with E-state index in [9.17, 15) is 0 Å². The van der Waals surface area contributed by atoms with Gasteiger partial charge in [-0.15, -0.1) is 0 Å². The second-order valence-corrected chi connectivity index (χ2v) is 4.98. The summed E-state index contributed by atoms with van der Waals surface area (Å²) in [5.41, 5.74) is 0. The van der Waals surface area contributed by atoms with E-state index in [0.29, 0.717) is 17.8 Å². The average Bonchev–Trinajstić information content (AvgIpc) is 2.87. The summed E-state index contributed by atoms with van der Waals surface area (Å²) in [5, 5.41) is 7.38. The molecular formula is C12H17ClN6. The van der Waals surface area contributed by atoms with Crippen LogP contribution in [-0.4, -0.2) is 31.3 Å². The van der Waals surface area contributed by atoms with E-state index in [2.05, 4.69) is 39.2 Å². The molecule has 0 saturated heterocycles. The minimum absolute atomic E-state index is 0.159. The lowest BCUT2D eigenvalue weighted by Crippen LogP contribution is -2.10. The Kier molecular flexibility index (Phi) is 4.68. The third kappa shape index (κ3) is 4.17. The van der Waals surface area contributed by atoms with Crippen LogP contribution in [0, 0.1) is 5.92 Å². The summed E-state index contributed by atoms with van der Waals surface area (Å²) in [7, 11) is 0. The van der Waals surface area contributed by atoms with E-state index in [1.54, 1.807) is 23.1 Å². The van der Waals surface area contributed by atoms with Gasteiger partial charge in [0.25, 0.3) is 5.95 Å². The van der Waals surface area contributed by atoms with Gasteiger partial charge in [0.15, 0.2) is 0 Å². The van der Waals surface area contributed by atoms with Crippen LogP contribution in [0.4, 0.5) is 5.95 Å². The summed E-state index contributed by atoms with van der Waals surface area (Å²) in [6.45, 7) is 5.22. The van der Waals surface area contributed by atoms with Gasteiger partial charge in [0.2, 0.25) is 11.2 Å². The third-order valence-electron chi connectivity index (χ3n) is 2.55. The van der Waals surface area contributed by atoms with Crippen molar-refractivity contribution in [2.45, 2.75) is 26.7 Å². The van der Waals surface area contributed by atoms with Gasteiger partial charge in [-0.25, -0.2) is 4.68 Å². The molecule has 0 radical (unpaired) electrons. The van der Waals surface area contributed by atoms with Crippen molar-refractivity contribution in [3.05, 3.63) is 23.7 Å². The van der Waals surface area contributed by atoms with Crippen molar-refractivity contribution < 1.29 is 0 Å². The van der Waals surface area contributed by atoms with Crippen molar-refractivity contribution in [2.24, 2.45) is 5.92 Å². The summed E-state index contributed by atoms with van der Waals surface area (Å²) in [6, 6.07) is 1.80. The lowest BCUT2D eigenvalue weighted by atomic mass is 10.1. The van der Waals surface area contributed by atoms with Gasteiger partial charge < -0.3 is 5.32 Å². The second-order valence-electron chi connectivity index (χ2n) is 4.64. The molecule has 0 amide bonds. The maximum atomic E-state index is 5.89. The largest absolute Gasteiger partial charge is 0.354 e. The van der Waals surface area contributed by atoms with E-state index in [0.717, 1.165) is 19.4 Å². The minimum atomic E-state index is 0.159. The fourth-order valence-electron chi connectivity index (χ4n) is 1.62. The van der Waals surface area contributed by atoms with Gasteiger partial charge in [-0.05, 0) is 36.4 Å². The monoisotopic (exact) mass is 280 g/mol. The number of anilines is 1. The molecule has 102 valence electrons. The Balaban J connectivity index is 2.01. The molecule has 0 aromatic carbocycles. The summed E-state index contributed by atoms with van der Waals surface area (Å²) < 4.78 is 1.55. The molecule has 1 N–H and O–H groups in total. The van der Waals surface area contributed by atoms with Crippen LogP contribution in [0.3, 0.4) is 0 Å². The van der Waals surface area contributed by atoms with Crippen LogP contribution in [0.1, 0.15) is 26.7 Å². The molecule has 0 unspecified atom stereocenters. The van der Waals surface area contributed by atoms with Crippen LogP contribution in [-0.2, 0) is 0 Å². The molecule has 2 heterocycles. The molecule has 0 atom stereocenters. The molecule has 19 heavy (non-hydrogen) atoms. The average molecular weight is 281 g/mol. The zero-order valence-corrected chi connectivity index (χ0v) is 11.8. The highest BCUT2D eigenvalue weighted by Crippen LogP contribution is 2.09. The van der Waals surface area contributed by atoms with Crippen LogP contribution in [0.5, 0.6) is 0 Å². The number of nitrogens with one attached hydrogen (secondary N) is 1. The predicted molar refractivity (Wildman–Crippen MR) is 74.5 cm³/mol. The Morgan fingerprint density at radius 1 is 1.32 bits per heavy atom. The maximum Gasteiger partial charge on any atom is 0.256 e. The fourth-order valence-corrected chi connectivity index (χ4v) is 1.77. The molecular weight excluding hydrogens is 264 g/mol. The van der Waals surface area contributed by atoms with E-state index in [4.69, 9.17) is 11.6 Å². The summed E-state index contributed by atoms with van der Waals surface area (Å²) in [5.74, 6) is 1.59. The van der Waals surface area contributed by atoms with Gasteiger partial charge in [-0.3, -0.25) is 0 Å². The Bertz CT molecular complexity index is 511. The Hall–Kier alpha value is -1.69. The van der Waals surface area contributed by atoms with Crippen LogP contribution in [0.15, 0.2) is 18.5 Å². The van der Waals surface area contributed by atoms with Crippen molar-refractivity contribution in [3.8, 4) is 5.95 Å². The van der Waals surface area contributed by atoms with Crippen LogP contribution in [0.25, 0.3) is 5.95 Å². The lowest BCUT2D eigenvalue weighted by molar-refractivity contribution is 0.566. The van der Waals surface area contributed by atoms with Crippen LogP contribution >= 0.6 is 11.6 Å². The van der Waals surface area contributed by atoms with E-state index >= 15 is 0 Å². The molecule has 2 aromatic heterocycles. The number of aromatic nitrogens is 5. The zero-order chi connectivity index (χ0) is 13.7. The molecule has 0 spiro atoms. The lowest BCUT2D eigenvalue weighted by Gasteiger charge is -2.07. The van der Waals surface area contributed by atoms with Gasteiger partial charge in [-0.2, -0.15) is 20.1 Å². The third-order valence-corrected chi connectivity index (χ3v) is 2.72. The van der Waals surface area contributed by atoms with Crippen LogP contribution < -0.4 is 5.32 Å². The molecule has 0 aliphatic carbocycles. The van der Waals surface area contributed by atoms with Gasteiger partial charge in [0.05, 0.1) is 0 Å². The number of hydrogen-bond acceptors (Lipinski definition) is 5. The summed E-state index contributed by atoms with van der Waals surface area (Å²) in [4.78, 5) is 12.4. The van der Waals surface area contributed by atoms with E-state index in [1.165, 1.54) is 0 Å². The van der Waals surface area contributed by atoms with Gasteiger partial charge in [0, 0.05) is 18.9 Å². The molecule has 0 aliphatic rings. The minimum Gasteiger partial charge on any atom is -0.354 e. The number of nitrogens with zero attached hydrogens (tertiary/aromatic N) is 5. The first kappa shape index (κ1) is 13.7. The number of hydrogen-bond donors (Lipinski definition) is 1. The predicted octanol–water partition coefficient (Wildman–Crippen LogP) is 2.56. The summed E-state index contributed by atoms with van der Waals surface area (Å²) in [6.07, 6.45) is 5.65. The molecule has 6 nitrogen and oxygen atoms in total. The summed E-state index contributed by atoms with van der Waals surface area (Å²) >= 11 is 5.89. The van der Waals surface area contributed by atoms with Crippen molar-refractivity contribution in [1.29, 1.82) is 0 Å². The van der Waals surface area contributed by atoms with E-state index in [-0.39, 0.29) is 5.28 Å². The molecule has 0 aliphatic heterocycles. The maximum absolute atomic E-state index is 5.89. The highest BCUT2D eigenvalue weighted by atomic mass is 35.5. The molecule has 7 heteroatoms. The van der Waals surface area contributed by atoms with Gasteiger partial charge >= 0.3 is 0 Å². The van der Waals surface area contributed by atoms with Crippen LogP contribution in [0.2, 0.25) is 5.28 Å². The molecule has 0 saturated carbocycles. The Morgan fingerprint density at radius 2 is 2.16 bits per heavy atom. The second kappa shape index (κ2) is 6.47.